The summed E-state index contributed by atoms with van der Waals surface area (Å²) in [5.41, 5.74) is 2.36. The van der Waals surface area contributed by atoms with Crippen LogP contribution in [0.3, 0.4) is 0 Å². The summed E-state index contributed by atoms with van der Waals surface area (Å²) in [4.78, 5) is 4.39. The Balaban J connectivity index is 2.48. The standard InChI is InChI=1S/C13H14ClN/c1-2-3-5-10-6-4-7-11-8-9-12(14)15-13(10)11/h4,6-9H,2-3,5H2,1H3. The minimum absolute atomic E-state index is 0.575. The van der Waals surface area contributed by atoms with Crippen LogP contribution in [0, 0.1) is 0 Å². The van der Waals surface area contributed by atoms with Crippen LogP contribution in [0.25, 0.3) is 10.9 Å². The minimum atomic E-state index is 0.575. The molecule has 15 heavy (non-hydrogen) atoms. The SMILES string of the molecule is CCCCc1cccc2ccc(Cl)nc12. The molecule has 0 amide bonds. The second-order valence-electron chi connectivity index (χ2n) is 3.73. The fourth-order valence-electron chi connectivity index (χ4n) is 1.75. The van der Waals surface area contributed by atoms with Gasteiger partial charge in [-0.3, -0.25) is 0 Å². The van der Waals surface area contributed by atoms with Crippen LogP contribution in [0.2, 0.25) is 5.15 Å². The van der Waals surface area contributed by atoms with Gasteiger partial charge in [-0.2, -0.15) is 0 Å². The third-order valence-electron chi connectivity index (χ3n) is 2.57. The quantitative estimate of drug-likeness (QED) is 0.704. The number of unbranched alkanes of at least 4 members (excludes halogenated alkanes) is 1. The van der Waals surface area contributed by atoms with Gasteiger partial charge in [0.2, 0.25) is 0 Å². The lowest BCUT2D eigenvalue weighted by Gasteiger charge is -2.05. The van der Waals surface area contributed by atoms with Crippen molar-refractivity contribution in [2.75, 3.05) is 0 Å². The molecule has 1 nitrogen and oxygen atoms in total. The molecule has 0 fully saturated rings. The summed E-state index contributed by atoms with van der Waals surface area (Å²) in [5.74, 6) is 0. The van der Waals surface area contributed by atoms with Gasteiger partial charge >= 0.3 is 0 Å². The highest BCUT2D eigenvalue weighted by molar-refractivity contribution is 6.29. The molecule has 2 heteroatoms. The number of fused-ring (bicyclic) bond motifs is 1. The van der Waals surface area contributed by atoms with E-state index in [1.165, 1.54) is 23.8 Å². The number of hydrogen-bond acceptors (Lipinski definition) is 1. The van der Waals surface area contributed by atoms with Gasteiger partial charge in [-0.05, 0) is 30.5 Å². The van der Waals surface area contributed by atoms with Gasteiger partial charge in [0.05, 0.1) is 5.52 Å². The zero-order chi connectivity index (χ0) is 10.7. The Morgan fingerprint density at radius 2 is 2.07 bits per heavy atom. The van der Waals surface area contributed by atoms with Gasteiger partial charge in [0.25, 0.3) is 0 Å². The van der Waals surface area contributed by atoms with Crippen LogP contribution in [-0.4, -0.2) is 4.98 Å². The zero-order valence-corrected chi connectivity index (χ0v) is 9.59. The number of aryl methyl sites for hydroxylation is 1. The van der Waals surface area contributed by atoms with Gasteiger partial charge in [0.15, 0.2) is 0 Å². The Morgan fingerprint density at radius 3 is 2.87 bits per heavy atom. The maximum Gasteiger partial charge on any atom is 0.129 e. The van der Waals surface area contributed by atoms with Crippen molar-refractivity contribution in [3.63, 3.8) is 0 Å². The summed E-state index contributed by atoms with van der Waals surface area (Å²) in [6.07, 6.45) is 3.49. The fraction of sp³-hybridized carbons (Fsp3) is 0.308. The number of pyridine rings is 1. The molecule has 0 N–H and O–H groups in total. The first kappa shape index (κ1) is 10.4. The van der Waals surface area contributed by atoms with Gasteiger partial charge in [-0.15, -0.1) is 0 Å². The number of rotatable bonds is 3. The van der Waals surface area contributed by atoms with E-state index in [0.29, 0.717) is 5.15 Å². The maximum atomic E-state index is 5.91. The fourth-order valence-corrected chi connectivity index (χ4v) is 1.90. The van der Waals surface area contributed by atoms with Crippen molar-refractivity contribution >= 4 is 22.5 Å². The van der Waals surface area contributed by atoms with E-state index in [9.17, 15) is 0 Å². The molecular weight excluding hydrogens is 206 g/mol. The van der Waals surface area contributed by atoms with E-state index < -0.39 is 0 Å². The first-order chi connectivity index (χ1) is 7.31. The highest BCUT2D eigenvalue weighted by Gasteiger charge is 2.02. The maximum absolute atomic E-state index is 5.91. The largest absolute Gasteiger partial charge is 0.236 e. The van der Waals surface area contributed by atoms with Gasteiger partial charge < -0.3 is 0 Å². The Hall–Kier alpha value is -1.08. The molecule has 0 atom stereocenters. The molecule has 1 aromatic carbocycles. The molecule has 1 aromatic heterocycles. The summed E-state index contributed by atoms with van der Waals surface area (Å²) in [5, 5.41) is 1.75. The van der Waals surface area contributed by atoms with Crippen LogP contribution in [0.15, 0.2) is 30.3 Å². The monoisotopic (exact) mass is 219 g/mol. The second-order valence-corrected chi connectivity index (χ2v) is 4.11. The molecule has 2 rings (SSSR count). The highest BCUT2D eigenvalue weighted by atomic mass is 35.5. The lowest BCUT2D eigenvalue weighted by molar-refractivity contribution is 0.798. The van der Waals surface area contributed by atoms with E-state index in [4.69, 9.17) is 11.6 Å². The molecule has 0 unspecified atom stereocenters. The van der Waals surface area contributed by atoms with Crippen LogP contribution in [0.4, 0.5) is 0 Å². The van der Waals surface area contributed by atoms with Crippen LogP contribution in [-0.2, 0) is 6.42 Å². The molecule has 0 aliphatic carbocycles. The zero-order valence-electron chi connectivity index (χ0n) is 8.83. The topological polar surface area (TPSA) is 12.9 Å². The number of aromatic nitrogens is 1. The highest BCUT2D eigenvalue weighted by Crippen LogP contribution is 2.20. The number of halogens is 1. The molecular formula is C13H14ClN. The Labute approximate surface area is 95.1 Å². The first-order valence-corrected chi connectivity index (χ1v) is 5.73. The van der Waals surface area contributed by atoms with E-state index in [1.54, 1.807) is 0 Å². The lowest BCUT2D eigenvalue weighted by Crippen LogP contribution is -1.89. The third kappa shape index (κ3) is 2.29. The average Bonchev–Trinajstić information content (AvgIpc) is 2.26. The van der Waals surface area contributed by atoms with E-state index in [1.807, 2.05) is 12.1 Å². The molecule has 0 saturated heterocycles. The van der Waals surface area contributed by atoms with E-state index in [-0.39, 0.29) is 0 Å². The van der Waals surface area contributed by atoms with Crippen molar-refractivity contribution in [2.24, 2.45) is 0 Å². The molecule has 1 heterocycles. The van der Waals surface area contributed by atoms with Gasteiger partial charge in [0, 0.05) is 5.39 Å². The summed E-state index contributed by atoms with van der Waals surface area (Å²) < 4.78 is 0. The molecule has 0 radical (unpaired) electrons. The van der Waals surface area contributed by atoms with Gasteiger partial charge in [-0.25, -0.2) is 4.98 Å². The Kier molecular flexibility index (Phi) is 3.22. The van der Waals surface area contributed by atoms with Crippen LogP contribution in [0.1, 0.15) is 25.3 Å². The minimum Gasteiger partial charge on any atom is -0.236 e. The lowest BCUT2D eigenvalue weighted by atomic mass is 10.0. The molecule has 78 valence electrons. The smallest absolute Gasteiger partial charge is 0.129 e. The molecule has 2 aromatic rings. The van der Waals surface area contributed by atoms with Gasteiger partial charge in [-0.1, -0.05) is 43.1 Å². The molecule has 0 bridgehead atoms. The van der Waals surface area contributed by atoms with Crippen molar-refractivity contribution in [2.45, 2.75) is 26.2 Å². The first-order valence-electron chi connectivity index (χ1n) is 5.35. The average molecular weight is 220 g/mol. The molecule has 0 aliphatic heterocycles. The number of nitrogens with zero attached hydrogens (tertiary/aromatic N) is 1. The van der Waals surface area contributed by atoms with Crippen molar-refractivity contribution in [1.29, 1.82) is 0 Å². The van der Waals surface area contributed by atoms with Crippen molar-refractivity contribution in [3.8, 4) is 0 Å². The number of hydrogen-bond donors (Lipinski definition) is 0. The summed E-state index contributed by atoms with van der Waals surface area (Å²) in [6.45, 7) is 2.20. The predicted octanol–water partition coefficient (Wildman–Crippen LogP) is 4.23. The Bertz CT molecular complexity index is 465. The van der Waals surface area contributed by atoms with Crippen molar-refractivity contribution in [1.82, 2.24) is 4.98 Å². The van der Waals surface area contributed by atoms with E-state index in [0.717, 1.165) is 11.9 Å². The van der Waals surface area contributed by atoms with E-state index in [2.05, 4.69) is 30.1 Å². The molecule has 0 spiro atoms. The summed E-state index contributed by atoms with van der Waals surface area (Å²) in [6, 6.07) is 10.2. The third-order valence-corrected chi connectivity index (χ3v) is 2.78. The molecule has 0 aliphatic rings. The van der Waals surface area contributed by atoms with Crippen LogP contribution < -0.4 is 0 Å². The predicted molar refractivity (Wildman–Crippen MR) is 65.4 cm³/mol. The van der Waals surface area contributed by atoms with Crippen LogP contribution in [0.5, 0.6) is 0 Å². The van der Waals surface area contributed by atoms with Crippen molar-refractivity contribution < 1.29 is 0 Å². The van der Waals surface area contributed by atoms with Crippen LogP contribution >= 0.6 is 11.6 Å². The Morgan fingerprint density at radius 1 is 1.20 bits per heavy atom. The second kappa shape index (κ2) is 4.63. The summed E-state index contributed by atoms with van der Waals surface area (Å²) >= 11 is 5.91. The summed E-state index contributed by atoms with van der Waals surface area (Å²) in [7, 11) is 0. The molecule has 0 saturated carbocycles. The van der Waals surface area contributed by atoms with Gasteiger partial charge in [0.1, 0.15) is 5.15 Å². The van der Waals surface area contributed by atoms with Crippen molar-refractivity contribution in [3.05, 3.63) is 41.0 Å². The number of benzene rings is 1. The van der Waals surface area contributed by atoms with E-state index >= 15 is 0 Å². The normalized spacial score (nSPS) is 10.8. The number of para-hydroxylation sites is 1.